The van der Waals surface area contributed by atoms with Gasteiger partial charge in [0.2, 0.25) is 0 Å². The van der Waals surface area contributed by atoms with Crippen molar-refractivity contribution in [1.29, 1.82) is 0 Å². The monoisotopic (exact) mass is 876 g/mol. The largest absolute Gasteiger partial charge is 0.311 e. The quantitative estimate of drug-likeness (QED) is 0.112. The first-order valence-corrected chi connectivity index (χ1v) is 26.6. The Bertz CT molecular complexity index is 3010. The molecule has 0 radical (unpaired) electrons. The Morgan fingerprint density at radius 3 is 0.818 bits per heavy atom. The molecule has 0 saturated carbocycles. The first-order chi connectivity index (χ1) is 32.7. The Morgan fingerprint density at radius 1 is 0.273 bits per heavy atom. The first-order valence-electron chi connectivity index (χ1n) is 22.6. The van der Waals surface area contributed by atoms with E-state index in [1.807, 2.05) is 24.3 Å². The molecule has 3 nitrogen and oxygen atoms in total. The van der Waals surface area contributed by atoms with Crippen molar-refractivity contribution in [2.45, 2.75) is 0 Å². The Morgan fingerprint density at radius 2 is 0.530 bits per heavy atom. The molecular weight excluding hydrogens is 833 g/mol. The van der Waals surface area contributed by atoms with Crippen molar-refractivity contribution in [3.63, 3.8) is 0 Å². The van der Waals surface area contributed by atoms with Gasteiger partial charge in [-0.3, -0.25) is 4.79 Å². The van der Waals surface area contributed by atoms with Gasteiger partial charge in [0.25, 0.3) is 0 Å². The van der Waals surface area contributed by atoms with Gasteiger partial charge in [-0.15, -0.1) is 0 Å². The molecule has 0 aromatic heterocycles. The fraction of sp³-hybridized carbons (Fsp3) is 0. The Labute approximate surface area is 388 Å². The molecule has 0 atom stereocenters. The standard InChI is InChI=1S/C61H44N2OSi2/c64-61(45-23-21-25-47(43-45)62-53-35-13-17-39-57(53)65(49-27-5-1-6-28-49,50-29-7-2-8-30-50)58-40-18-14-36-54(58)62)46-24-22-26-48(44-46)63-55-37-15-19-41-59(55)66(51-31-9-3-10-32-51,52-33-11-4-12-34-52)60-42-20-16-38-56(60)63/h1-44H. The maximum atomic E-state index is 15.0. The van der Waals surface area contributed by atoms with Gasteiger partial charge in [-0.25, -0.2) is 0 Å². The number of nitrogens with zero attached hydrogens (tertiary/aromatic N) is 2. The first kappa shape index (κ1) is 39.5. The molecular formula is C61H44N2OSi2. The van der Waals surface area contributed by atoms with E-state index < -0.39 is 16.1 Å². The molecule has 0 aliphatic carbocycles. The van der Waals surface area contributed by atoms with E-state index in [1.165, 1.54) is 41.5 Å². The van der Waals surface area contributed by atoms with Crippen LogP contribution in [0.5, 0.6) is 0 Å². The second-order valence-corrected chi connectivity index (χ2v) is 24.6. The molecule has 0 spiro atoms. The van der Waals surface area contributed by atoms with E-state index in [1.54, 1.807) is 0 Å². The van der Waals surface area contributed by atoms with Gasteiger partial charge in [0, 0.05) is 45.3 Å². The Hall–Kier alpha value is -8.10. The average Bonchev–Trinajstić information content (AvgIpc) is 3.40. The molecule has 0 saturated heterocycles. The van der Waals surface area contributed by atoms with E-state index in [2.05, 4.69) is 252 Å². The van der Waals surface area contributed by atoms with Crippen LogP contribution in [0.1, 0.15) is 15.9 Å². The van der Waals surface area contributed by atoms with Crippen LogP contribution in [0.25, 0.3) is 0 Å². The van der Waals surface area contributed by atoms with E-state index >= 15 is 4.79 Å². The van der Waals surface area contributed by atoms with E-state index in [-0.39, 0.29) is 5.78 Å². The van der Waals surface area contributed by atoms with E-state index in [4.69, 9.17) is 0 Å². The number of carbonyl (C=O) groups excluding carboxylic acids is 1. The highest BCUT2D eigenvalue weighted by atomic mass is 28.3. The number of hydrogen-bond acceptors (Lipinski definition) is 3. The lowest BCUT2D eigenvalue weighted by Crippen LogP contribution is -2.77. The second kappa shape index (κ2) is 16.2. The summed E-state index contributed by atoms with van der Waals surface area (Å²) in [6, 6.07) is 96.2. The molecule has 12 rings (SSSR count). The summed E-state index contributed by atoms with van der Waals surface area (Å²) in [5.74, 6) is -0.0227. The molecule has 0 unspecified atom stereocenters. The van der Waals surface area contributed by atoms with Crippen molar-refractivity contribution in [2.24, 2.45) is 0 Å². The van der Waals surface area contributed by atoms with Crippen molar-refractivity contribution in [2.75, 3.05) is 9.80 Å². The lowest BCUT2D eigenvalue weighted by atomic mass is 10.0. The van der Waals surface area contributed by atoms with Crippen LogP contribution in [0.15, 0.2) is 267 Å². The maximum absolute atomic E-state index is 15.0. The molecule has 2 aliphatic rings. The van der Waals surface area contributed by atoms with Crippen molar-refractivity contribution in [3.8, 4) is 0 Å². The molecule has 0 fully saturated rings. The van der Waals surface area contributed by atoms with E-state index in [0.717, 1.165) is 34.1 Å². The van der Waals surface area contributed by atoms with Gasteiger partial charge in [0.05, 0.1) is 0 Å². The molecule has 5 heteroatoms. The number of para-hydroxylation sites is 4. The number of carbonyl (C=O) groups is 1. The van der Waals surface area contributed by atoms with Gasteiger partial charge in [0.1, 0.15) is 0 Å². The van der Waals surface area contributed by atoms with E-state index in [9.17, 15) is 0 Å². The second-order valence-electron chi connectivity index (χ2n) is 17.1. The summed E-state index contributed by atoms with van der Waals surface area (Å²) in [6.07, 6.45) is 0. The molecule has 0 N–H and O–H groups in total. The highest BCUT2D eigenvalue weighted by Gasteiger charge is 2.50. The number of ketones is 1. The summed E-state index contributed by atoms with van der Waals surface area (Å²) in [4.78, 5) is 19.8. The summed E-state index contributed by atoms with van der Waals surface area (Å²) in [5, 5.41) is 10.6. The highest BCUT2D eigenvalue weighted by Crippen LogP contribution is 2.41. The van der Waals surface area contributed by atoms with E-state index in [0.29, 0.717) is 11.1 Å². The summed E-state index contributed by atoms with van der Waals surface area (Å²) in [7, 11) is -5.54. The fourth-order valence-corrected chi connectivity index (χ4v) is 21.3. The number of hydrogen-bond donors (Lipinski definition) is 0. The minimum Gasteiger partial charge on any atom is -0.311 e. The van der Waals surface area contributed by atoms with Crippen molar-refractivity contribution >= 4 is 97.5 Å². The maximum Gasteiger partial charge on any atom is 0.193 e. The Kier molecular flexibility index (Phi) is 9.67. The third-order valence-corrected chi connectivity index (χ3v) is 23.5. The highest BCUT2D eigenvalue weighted by molar-refractivity contribution is 7.22. The topological polar surface area (TPSA) is 23.6 Å². The van der Waals surface area contributed by atoms with Crippen molar-refractivity contribution in [1.82, 2.24) is 0 Å². The lowest BCUT2D eigenvalue weighted by molar-refractivity contribution is 0.103. The van der Waals surface area contributed by atoms with Crippen molar-refractivity contribution < 1.29 is 4.79 Å². The zero-order valence-corrected chi connectivity index (χ0v) is 38.2. The molecule has 10 aromatic carbocycles. The summed E-state index contributed by atoms with van der Waals surface area (Å²) in [5.41, 5.74) is 7.71. The van der Waals surface area contributed by atoms with Crippen LogP contribution in [-0.2, 0) is 0 Å². The van der Waals surface area contributed by atoms with Crippen LogP contribution < -0.4 is 51.3 Å². The zero-order chi connectivity index (χ0) is 44.1. The summed E-state index contributed by atoms with van der Waals surface area (Å²) in [6.45, 7) is 0. The molecule has 2 heterocycles. The predicted molar refractivity (Wildman–Crippen MR) is 280 cm³/mol. The van der Waals surface area contributed by atoms with Gasteiger partial charge in [-0.05, 0) is 90.0 Å². The van der Waals surface area contributed by atoms with Crippen LogP contribution in [0, 0.1) is 0 Å². The molecule has 312 valence electrons. The van der Waals surface area contributed by atoms with Gasteiger partial charge in [-0.2, -0.15) is 0 Å². The fourth-order valence-electron chi connectivity index (χ4n) is 11.1. The van der Waals surface area contributed by atoms with Gasteiger partial charge in [0.15, 0.2) is 21.9 Å². The van der Waals surface area contributed by atoms with Gasteiger partial charge >= 0.3 is 0 Å². The van der Waals surface area contributed by atoms with Crippen LogP contribution in [0.4, 0.5) is 34.1 Å². The zero-order valence-electron chi connectivity index (χ0n) is 36.2. The smallest absolute Gasteiger partial charge is 0.193 e. The van der Waals surface area contributed by atoms with Gasteiger partial charge in [-0.1, -0.05) is 218 Å². The summed E-state index contributed by atoms with van der Waals surface area (Å²) >= 11 is 0. The molecule has 0 bridgehead atoms. The minimum absolute atomic E-state index is 0.0227. The minimum atomic E-state index is -2.77. The molecule has 2 aliphatic heterocycles. The van der Waals surface area contributed by atoms with Crippen molar-refractivity contribution in [3.05, 3.63) is 278 Å². The third kappa shape index (κ3) is 5.98. The predicted octanol–water partition coefficient (Wildman–Crippen LogP) is 9.24. The number of rotatable bonds is 8. The number of fused-ring (bicyclic) bond motifs is 4. The average molecular weight is 877 g/mol. The summed E-state index contributed by atoms with van der Waals surface area (Å²) < 4.78 is 0. The molecule has 0 amide bonds. The Balaban J connectivity index is 0.974. The SMILES string of the molecule is O=C(c1cccc(N2c3ccccc3[Si](c3ccccc3)(c3ccccc3)c3ccccc32)c1)c1cccc(N2c3ccccc3[Si](c3ccccc3)(c3ccccc3)c3ccccc32)c1. The van der Waals surface area contributed by atoms with Crippen LogP contribution in [0.2, 0.25) is 0 Å². The molecule has 10 aromatic rings. The number of benzene rings is 10. The van der Waals surface area contributed by atoms with Crippen LogP contribution >= 0.6 is 0 Å². The molecule has 66 heavy (non-hydrogen) atoms. The lowest BCUT2D eigenvalue weighted by Gasteiger charge is -2.45. The third-order valence-electron chi connectivity index (χ3n) is 13.8. The van der Waals surface area contributed by atoms with Crippen LogP contribution in [0.3, 0.4) is 0 Å². The van der Waals surface area contributed by atoms with Gasteiger partial charge < -0.3 is 9.80 Å². The number of anilines is 6. The van der Waals surface area contributed by atoms with Crippen LogP contribution in [-0.4, -0.2) is 21.9 Å². The normalized spacial score (nSPS) is 14.0.